The summed E-state index contributed by atoms with van der Waals surface area (Å²) in [5.74, 6) is -0.917. The first-order valence-electron chi connectivity index (χ1n) is 30.0. The number of ether oxygens (including phenoxy) is 3. The van der Waals surface area contributed by atoms with E-state index in [-0.39, 0.29) is 31.1 Å². The van der Waals surface area contributed by atoms with E-state index in [1.54, 1.807) is 0 Å². The van der Waals surface area contributed by atoms with Gasteiger partial charge in [0.2, 0.25) is 0 Å². The van der Waals surface area contributed by atoms with Crippen molar-refractivity contribution in [1.82, 2.24) is 0 Å². The number of rotatable bonds is 53. The molecule has 0 radical (unpaired) electrons. The fraction of sp³-hybridized carbons (Fsp3) is 0.657. The molecule has 0 N–H and O–H groups in total. The van der Waals surface area contributed by atoms with Gasteiger partial charge in [0.1, 0.15) is 13.2 Å². The van der Waals surface area contributed by atoms with Crippen LogP contribution in [0.5, 0.6) is 0 Å². The summed E-state index contributed by atoms with van der Waals surface area (Å²) in [6, 6.07) is 0. The molecular formula is C67H110O6. The van der Waals surface area contributed by atoms with E-state index in [0.29, 0.717) is 19.3 Å². The zero-order valence-electron chi connectivity index (χ0n) is 47.4. The molecule has 0 saturated carbocycles. The van der Waals surface area contributed by atoms with Crippen molar-refractivity contribution in [3.63, 3.8) is 0 Å². The minimum Gasteiger partial charge on any atom is -0.462 e. The van der Waals surface area contributed by atoms with E-state index in [9.17, 15) is 14.4 Å². The molecule has 0 amide bonds. The summed E-state index contributed by atoms with van der Waals surface area (Å²) >= 11 is 0. The highest BCUT2D eigenvalue weighted by molar-refractivity contribution is 5.71. The van der Waals surface area contributed by atoms with Crippen LogP contribution in [0.15, 0.2) is 122 Å². The Balaban J connectivity index is 4.10. The van der Waals surface area contributed by atoms with Gasteiger partial charge in [-0.2, -0.15) is 0 Å². The molecule has 0 saturated heterocycles. The Morgan fingerprint density at radius 3 is 0.849 bits per heavy atom. The first-order chi connectivity index (χ1) is 36.0. The lowest BCUT2D eigenvalue weighted by Gasteiger charge is -2.18. The fourth-order valence-corrected chi connectivity index (χ4v) is 7.96. The van der Waals surface area contributed by atoms with Crippen LogP contribution in [0.2, 0.25) is 0 Å². The summed E-state index contributed by atoms with van der Waals surface area (Å²) in [4.78, 5) is 37.8. The second-order valence-electron chi connectivity index (χ2n) is 19.5. The maximum absolute atomic E-state index is 12.8. The van der Waals surface area contributed by atoms with Crippen molar-refractivity contribution >= 4 is 17.9 Å². The van der Waals surface area contributed by atoms with E-state index < -0.39 is 6.10 Å². The summed E-state index contributed by atoms with van der Waals surface area (Å²) in [6.45, 7) is 6.43. The van der Waals surface area contributed by atoms with Crippen LogP contribution in [0, 0.1) is 0 Å². The first kappa shape index (κ1) is 68.8. The van der Waals surface area contributed by atoms with Crippen molar-refractivity contribution in [2.45, 2.75) is 271 Å². The highest BCUT2D eigenvalue weighted by Crippen LogP contribution is 2.14. The van der Waals surface area contributed by atoms with Crippen molar-refractivity contribution in [1.29, 1.82) is 0 Å². The van der Waals surface area contributed by atoms with Gasteiger partial charge in [-0.05, 0) is 116 Å². The average molecular weight is 1010 g/mol. The molecule has 0 aliphatic rings. The monoisotopic (exact) mass is 1010 g/mol. The third kappa shape index (κ3) is 58.6. The lowest BCUT2D eigenvalue weighted by Crippen LogP contribution is -2.30. The molecule has 6 nitrogen and oxygen atoms in total. The number of allylic oxidation sites excluding steroid dienone is 20. The van der Waals surface area contributed by atoms with Gasteiger partial charge in [-0.1, -0.05) is 251 Å². The lowest BCUT2D eigenvalue weighted by atomic mass is 10.1. The van der Waals surface area contributed by atoms with Gasteiger partial charge >= 0.3 is 17.9 Å². The lowest BCUT2D eigenvalue weighted by molar-refractivity contribution is -0.167. The molecule has 0 aliphatic heterocycles. The highest BCUT2D eigenvalue weighted by Gasteiger charge is 2.19. The van der Waals surface area contributed by atoms with Crippen LogP contribution in [0.3, 0.4) is 0 Å². The molecule has 0 heterocycles. The number of carbonyl (C=O) groups is 3. The van der Waals surface area contributed by atoms with Crippen molar-refractivity contribution in [3.05, 3.63) is 122 Å². The standard InChI is InChI=1S/C67H110O6/c1-4-7-10-13-16-18-20-22-24-25-26-27-28-29-30-31-32-33-34-35-36-37-38-39-40-41-42-43-44-46-47-49-51-54-57-60-66(69)72-63-64(62-71-65(68)59-56-53-15-12-9-6-3)73-67(70)61-58-55-52-50-48-45-23-21-19-17-14-11-8-5-2/h7,10,16,18,21-24,26-27,29-30,32-33,35-36,38-39,41-42,64H,4-6,8-9,11-15,17,19-20,25,28,31,34,37,40,43-63H2,1-3H3/b10-7-,18-16-,23-21-,24-22-,27-26-,30-29-,33-32-,36-35-,39-38-,42-41-. The SMILES string of the molecule is CC/C=C\C/C=C\C/C=C\C/C=C\C/C=C\C/C=C\C/C=C\C/C=C\C/C=C\CCCCCCCCCC(=O)OCC(COC(=O)CCCCCCCC)OC(=O)CCCCCCC/C=C\CCCCCCC. The van der Waals surface area contributed by atoms with Crippen LogP contribution in [0.4, 0.5) is 0 Å². The number of hydrogen-bond donors (Lipinski definition) is 0. The molecule has 414 valence electrons. The Labute approximate surface area is 450 Å². The third-order valence-corrected chi connectivity index (χ3v) is 12.5. The van der Waals surface area contributed by atoms with Gasteiger partial charge in [-0.25, -0.2) is 0 Å². The average Bonchev–Trinajstić information content (AvgIpc) is 3.39. The molecule has 0 aromatic rings. The summed E-state index contributed by atoms with van der Waals surface area (Å²) in [7, 11) is 0. The van der Waals surface area contributed by atoms with E-state index in [4.69, 9.17) is 14.2 Å². The van der Waals surface area contributed by atoms with Crippen molar-refractivity contribution in [2.75, 3.05) is 13.2 Å². The van der Waals surface area contributed by atoms with Gasteiger partial charge < -0.3 is 14.2 Å². The van der Waals surface area contributed by atoms with Crippen molar-refractivity contribution < 1.29 is 28.6 Å². The normalized spacial score (nSPS) is 13.0. The largest absolute Gasteiger partial charge is 0.462 e. The molecule has 0 aromatic heterocycles. The van der Waals surface area contributed by atoms with Crippen LogP contribution < -0.4 is 0 Å². The molecule has 0 aromatic carbocycles. The fourth-order valence-electron chi connectivity index (χ4n) is 7.96. The molecule has 6 heteroatoms. The molecule has 0 aliphatic carbocycles. The number of unbranched alkanes of at least 4 members (excludes halogenated alkanes) is 22. The Morgan fingerprint density at radius 2 is 0.534 bits per heavy atom. The summed E-state index contributed by atoms with van der Waals surface area (Å²) in [5.41, 5.74) is 0. The smallest absolute Gasteiger partial charge is 0.306 e. The van der Waals surface area contributed by atoms with E-state index >= 15 is 0 Å². The minimum absolute atomic E-state index is 0.0854. The van der Waals surface area contributed by atoms with Gasteiger partial charge in [0.15, 0.2) is 6.10 Å². The predicted octanol–water partition coefficient (Wildman–Crippen LogP) is 20.4. The third-order valence-electron chi connectivity index (χ3n) is 12.5. The number of carbonyl (C=O) groups excluding carboxylic acids is 3. The molecule has 0 rings (SSSR count). The number of hydrogen-bond acceptors (Lipinski definition) is 6. The van der Waals surface area contributed by atoms with Crippen molar-refractivity contribution in [2.24, 2.45) is 0 Å². The summed E-state index contributed by atoms with van der Waals surface area (Å²) in [6.07, 6.45) is 83.8. The predicted molar refractivity (Wildman–Crippen MR) is 316 cm³/mol. The van der Waals surface area contributed by atoms with Crippen LogP contribution in [-0.2, 0) is 28.6 Å². The maximum Gasteiger partial charge on any atom is 0.306 e. The molecule has 73 heavy (non-hydrogen) atoms. The molecule has 1 unspecified atom stereocenters. The van der Waals surface area contributed by atoms with E-state index in [1.807, 2.05) is 0 Å². The van der Waals surface area contributed by atoms with Crippen molar-refractivity contribution in [3.8, 4) is 0 Å². The van der Waals surface area contributed by atoms with Gasteiger partial charge in [0, 0.05) is 19.3 Å². The van der Waals surface area contributed by atoms with Crippen LogP contribution in [0.25, 0.3) is 0 Å². The zero-order chi connectivity index (χ0) is 52.9. The molecular weight excluding hydrogens is 901 g/mol. The van der Waals surface area contributed by atoms with E-state index in [2.05, 4.69) is 142 Å². The van der Waals surface area contributed by atoms with Gasteiger partial charge in [-0.15, -0.1) is 0 Å². The van der Waals surface area contributed by atoms with Crippen LogP contribution >= 0.6 is 0 Å². The number of esters is 3. The Bertz CT molecular complexity index is 1540. The molecule has 0 spiro atoms. The molecule has 0 fully saturated rings. The Morgan fingerprint density at radius 1 is 0.288 bits per heavy atom. The van der Waals surface area contributed by atoms with E-state index in [1.165, 1.54) is 89.9 Å². The van der Waals surface area contributed by atoms with Crippen LogP contribution in [0.1, 0.15) is 265 Å². The van der Waals surface area contributed by atoms with Gasteiger partial charge in [-0.3, -0.25) is 14.4 Å². The second-order valence-corrected chi connectivity index (χ2v) is 19.5. The summed E-state index contributed by atoms with van der Waals surface area (Å²) in [5, 5.41) is 0. The summed E-state index contributed by atoms with van der Waals surface area (Å²) < 4.78 is 16.7. The topological polar surface area (TPSA) is 78.9 Å². The quantitative estimate of drug-likeness (QED) is 0.0261. The van der Waals surface area contributed by atoms with Gasteiger partial charge in [0.05, 0.1) is 0 Å². The van der Waals surface area contributed by atoms with Gasteiger partial charge in [0.25, 0.3) is 0 Å². The van der Waals surface area contributed by atoms with Crippen LogP contribution in [-0.4, -0.2) is 37.2 Å². The zero-order valence-corrected chi connectivity index (χ0v) is 47.4. The Hall–Kier alpha value is -4.19. The maximum atomic E-state index is 12.8. The molecule has 1 atom stereocenters. The highest BCUT2D eigenvalue weighted by atomic mass is 16.6. The Kier molecular flexibility index (Phi) is 56.9. The molecule has 0 bridgehead atoms. The van der Waals surface area contributed by atoms with E-state index in [0.717, 1.165) is 135 Å². The second kappa shape index (κ2) is 60.4. The first-order valence-corrected chi connectivity index (χ1v) is 30.0. The minimum atomic E-state index is -0.785.